The maximum atomic E-state index is 11.8. The minimum Gasteiger partial charge on any atom is -0.464 e. The number of nitrogens with one attached hydrogen (secondary N) is 3. The van der Waals surface area contributed by atoms with Gasteiger partial charge in [0.15, 0.2) is 0 Å². The summed E-state index contributed by atoms with van der Waals surface area (Å²) in [5, 5.41) is 23.6. The molecule has 0 spiro atoms. The van der Waals surface area contributed by atoms with Gasteiger partial charge in [0, 0.05) is 23.6 Å². The van der Waals surface area contributed by atoms with Crippen molar-refractivity contribution < 1.29 is 14.4 Å². The number of nitrogens with zero attached hydrogens (tertiary/aromatic N) is 3. The van der Waals surface area contributed by atoms with Crippen molar-refractivity contribution in [2.45, 2.75) is 19.0 Å². The van der Waals surface area contributed by atoms with Gasteiger partial charge < -0.3 is 21.1 Å². The van der Waals surface area contributed by atoms with Crippen LogP contribution in [0.2, 0.25) is 0 Å². The van der Waals surface area contributed by atoms with Gasteiger partial charge in [-0.1, -0.05) is 29.1 Å². The van der Waals surface area contributed by atoms with E-state index in [4.69, 9.17) is 0 Å². The van der Waals surface area contributed by atoms with Gasteiger partial charge in [0.05, 0.1) is 21.8 Å². The summed E-state index contributed by atoms with van der Waals surface area (Å²) in [4.78, 5) is 21.0. The molecular weight excluding hydrogens is 400 g/mol. The smallest absolute Gasteiger partial charge is 0.415 e. The Bertz CT molecular complexity index is 1060. The van der Waals surface area contributed by atoms with Gasteiger partial charge >= 0.3 is 6.08 Å². The molecule has 1 amide bonds. The lowest BCUT2D eigenvalue weighted by Gasteiger charge is -2.32. The van der Waals surface area contributed by atoms with Crippen LogP contribution in [0.5, 0.6) is 6.08 Å². The molecule has 9 nitrogen and oxygen atoms in total. The molecule has 4 rings (SSSR count). The number of thioether (sulfide) groups is 1. The number of aromatic hydroxyl groups is 1. The zero-order valence-electron chi connectivity index (χ0n) is 14.9. The lowest BCUT2D eigenvalue weighted by molar-refractivity contribution is -0.119. The van der Waals surface area contributed by atoms with Crippen LogP contribution in [0, 0.1) is 6.92 Å². The van der Waals surface area contributed by atoms with Crippen LogP contribution in [0.25, 0.3) is 17.1 Å². The van der Waals surface area contributed by atoms with E-state index in [1.165, 1.54) is 30.0 Å². The number of hydrogen-bond donors (Lipinski definition) is 4. The Morgan fingerprint density at radius 2 is 2.25 bits per heavy atom. The summed E-state index contributed by atoms with van der Waals surface area (Å²) in [6.45, 7) is 3.40. The van der Waals surface area contributed by atoms with Crippen molar-refractivity contribution in [1.29, 1.82) is 0 Å². The van der Waals surface area contributed by atoms with E-state index in [0.717, 1.165) is 16.3 Å². The first kappa shape index (κ1) is 18.3. The number of carbonyl (C=O) groups is 1. The topological polar surface area (TPSA) is 125 Å². The second-order valence-electron chi connectivity index (χ2n) is 6.01. The Hall–Kier alpha value is -3.05. The van der Waals surface area contributed by atoms with Gasteiger partial charge in [-0.2, -0.15) is 4.98 Å². The van der Waals surface area contributed by atoms with Crippen LogP contribution in [0.1, 0.15) is 17.5 Å². The van der Waals surface area contributed by atoms with Gasteiger partial charge in [-0.05, 0) is 19.1 Å². The number of carbonyl (C=O) groups excluding carboxylic acids is 1. The molecule has 144 valence electrons. The quantitative estimate of drug-likeness (QED) is 0.465. The third kappa shape index (κ3) is 3.66. The largest absolute Gasteiger partial charge is 0.464 e. The summed E-state index contributed by atoms with van der Waals surface area (Å²) in [6.07, 6.45) is -0.495. The van der Waals surface area contributed by atoms with E-state index in [1.807, 2.05) is 24.5 Å². The summed E-state index contributed by atoms with van der Waals surface area (Å²) in [5.74, 6) is 0.0725. The molecule has 0 aliphatic carbocycles. The van der Waals surface area contributed by atoms with E-state index in [1.54, 1.807) is 17.6 Å². The van der Waals surface area contributed by atoms with E-state index in [-0.39, 0.29) is 11.7 Å². The predicted molar refractivity (Wildman–Crippen MR) is 107 cm³/mol. The molecule has 4 N–H and O–H groups in total. The van der Waals surface area contributed by atoms with Crippen molar-refractivity contribution in [2.75, 3.05) is 5.32 Å². The molecule has 3 aromatic rings. The zero-order valence-corrected chi connectivity index (χ0v) is 16.5. The summed E-state index contributed by atoms with van der Waals surface area (Å²) in [5.41, 5.74) is 4.95. The van der Waals surface area contributed by atoms with Crippen molar-refractivity contribution >= 4 is 40.4 Å². The van der Waals surface area contributed by atoms with Crippen LogP contribution in [-0.2, 0) is 4.79 Å². The molecule has 2 aromatic heterocycles. The van der Waals surface area contributed by atoms with Crippen LogP contribution in [0.4, 0.5) is 5.69 Å². The highest BCUT2D eigenvalue weighted by atomic mass is 32.2. The predicted octanol–water partition coefficient (Wildman–Crippen LogP) is 2.70. The zero-order chi connectivity index (χ0) is 19.7. The van der Waals surface area contributed by atoms with Gasteiger partial charge in [-0.15, -0.1) is 11.3 Å². The van der Waals surface area contributed by atoms with E-state index in [0.29, 0.717) is 11.3 Å². The van der Waals surface area contributed by atoms with Gasteiger partial charge in [-0.25, -0.2) is 4.98 Å². The molecule has 1 atom stereocenters. The Morgan fingerprint density at radius 1 is 1.39 bits per heavy atom. The molecular formula is C17H16N6O3S2. The fourth-order valence-corrected chi connectivity index (χ4v) is 4.61. The maximum Gasteiger partial charge on any atom is 0.415 e. The molecule has 1 aliphatic rings. The van der Waals surface area contributed by atoms with Crippen molar-refractivity contribution in [1.82, 2.24) is 25.8 Å². The number of benzene rings is 1. The number of rotatable bonds is 5. The number of thiazole rings is 1. The number of hydrogen-bond acceptors (Lipinski definition) is 10. The first-order valence-electron chi connectivity index (χ1n) is 8.21. The Balaban J connectivity index is 1.60. The molecule has 28 heavy (non-hydrogen) atoms. The minimum absolute atomic E-state index is 0.192. The van der Waals surface area contributed by atoms with Crippen LogP contribution < -0.4 is 16.0 Å². The molecule has 3 heterocycles. The highest BCUT2D eigenvalue weighted by Crippen LogP contribution is 2.37. The SMILES string of the molecule is CC(=O)NC1(Nc2cccc(-c3noc(O)n3)c2)NC(c2scnc2C)=CS1. The fourth-order valence-electron chi connectivity index (χ4n) is 2.74. The number of amides is 1. The maximum absolute atomic E-state index is 11.8. The standard InChI is InChI=1S/C17H16N6O3S2/c1-9-14(27-8-18-9)13-7-28-17(22-13,20-10(2)24)21-12-5-3-4-11(6-12)15-19-16(25)26-23-15/h3-8,21-22H,1-2H3,(H,20,24)(H,19,23,25). The molecule has 1 unspecified atom stereocenters. The monoisotopic (exact) mass is 416 g/mol. The van der Waals surface area contributed by atoms with Gasteiger partial charge in [0.2, 0.25) is 16.9 Å². The van der Waals surface area contributed by atoms with Crippen molar-refractivity contribution in [3.63, 3.8) is 0 Å². The summed E-state index contributed by atoms with van der Waals surface area (Å²) in [7, 11) is 0. The average molecular weight is 416 g/mol. The lowest BCUT2D eigenvalue weighted by atomic mass is 10.2. The van der Waals surface area contributed by atoms with Crippen LogP contribution in [-0.4, -0.2) is 31.3 Å². The molecule has 11 heteroatoms. The van der Waals surface area contributed by atoms with E-state index >= 15 is 0 Å². The van der Waals surface area contributed by atoms with Crippen molar-refractivity contribution in [2.24, 2.45) is 0 Å². The second-order valence-corrected chi connectivity index (χ2v) is 7.95. The molecule has 0 bridgehead atoms. The van der Waals surface area contributed by atoms with Crippen LogP contribution >= 0.6 is 23.1 Å². The third-order valence-corrected chi connectivity index (χ3v) is 5.84. The van der Waals surface area contributed by atoms with Crippen LogP contribution in [0.15, 0.2) is 39.7 Å². The van der Waals surface area contributed by atoms with Gasteiger partial charge in [0.1, 0.15) is 0 Å². The van der Waals surface area contributed by atoms with Crippen LogP contribution in [0.3, 0.4) is 0 Å². The summed E-state index contributed by atoms with van der Waals surface area (Å²) in [6, 6.07) is 7.26. The van der Waals surface area contributed by atoms with Gasteiger partial charge in [0.25, 0.3) is 0 Å². The highest BCUT2D eigenvalue weighted by molar-refractivity contribution is 8.04. The summed E-state index contributed by atoms with van der Waals surface area (Å²) < 4.78 is 4.62. The minimum atomic E-state index is -0.963. The third-order valence-electron chi connectivity index (χ3n) is 3.86. The first-order valence-corrected chi connectivity index (χ1v) is 9.97. The number of anilines is 1. The Morgan fingerprint density at radius 3 is 2.93 bits per heavy atom. The van der Waals surface area contributed by atoms with Crippen molar-refractivity contribution in [3.05, 3.63) is 45.8 Å². The molecule has 1 aromatic carbocycles. The molecule has 0 saturated carbocycles. The molecule has 0 fully saturated rings. The lowest BCUT2D eigenvalue weighted by Crippen LogP contribution is -2.58. The van der Waals surface area contributed by atoms with E-state index in [2.05, 4.69) is 35.6 Å². The number of aryl methyl sites for hydroxylation is 1. The number of aromatic nitrogens is 3. The molecule has 0 saturated heterocycles. The Kier molecular flexibility index (Phi) is 4.69. The summed E-state index contributed by atoms with van der Waals surface area (Å²) >= 11 is 2.94. The molecule has 1 aliphatic heterocycles. The van der Waals surface area contributed by atoms with E-state index < -0.39 is 11.2 Å². The van der Waals surface area contributed by atoms with Gasteiger partial charge in [-0.3, -0.25) is 9.32 Å². The fraction of sp³-hybridized carbons (Fsp3) is 0.176. The molecule has 0 radical (unpaired) electrons. The normalized spacial score (nSPS) is 18.4. The van der Waals surface area contributed by atoms with E-state index in [9.17, 15) is 9.90 Å². The average Bonchev–Trinajstić information content (AvgIpc) is 3.35. The second kappa shape index (κ2) is 7.17. The first-order chi connectivity index (χ1) is 13.4. The highest BCUT2D eigenvalue weighted by Gasteiger charge is 2.37. The Labute approximate surface area is 168 Å². The van der Waals surface area contributed by atoms with Crippen molar-refractivity contribution in [3.8, 4) is 17.5 Å².